The summed E-state index contributed by atoms with van der Waals surface area (Å²) in [6.45, 7) is 3.03. The zero-order valence-corrected chi connectivity index (χ0v) is 13.1. The Morgan fingerprint density at radius 2 is 2.10 bits per heavy atom. The Labute approximate surface area is 128 Å². The van der Waals surface area contributed by atoms with Crippen molar-refractivity contribution in [1.29, 1.82) is 0 Å². The molecule has 108 valence electrons. The summed E-state index contributed by atoms with van der Waals surface area (Å²) < 4.78 is 2.20. The van der Waals surface area contributed by atoms with Crippen molar-refractivity contribution in [1.82, 2.24) is 9.47 Å². The molecule has 1 aromatic heterocycles. The molecule has 1 amide bonds. The van der Waals surface area contributed by atoms with Crippen molar-refractivity contribution in [2.75, 3.05) is 14.1 Å². The summed E-state index contributed by atoms with van der Waals surface area (Å²) in [5, 5.41) is 1.91. The molecule has 3 rings (SSSR count). The molecule has 2 aromatic rings. The van der Waals surface area contributed by atoms with Gasteiger partial charge in [0.2, 0.25) is 0 Å². The van der Waals surface area contributed by atoms with Crippen LogP contribution in [0.4, 0.5) is 0 Å². The Morgan fingerprint density at radius 3 is 2.76 bits per heavy atom. The van der Waals surface area contributed by atoms with Gasteiger partial charge in [0.15, 0.2) is 5.17 Å². The van der Waals surface area contributed by atoms with Crippen LogP contribution in [0.1, 0.15) is 12.5 Å². The Balaban J connectivity index is 2.10. The minimum absolute atomic E-state index is 0.00827. The number of nitrogens with zero attached hydrogens (tertiary/aromatic N) is 3. The van der Waals surface area contributed by atoms with Gasteiger partial charge in [0.05, 0.1) is 4.91 Å². The molecule has 1 saturated heterocycles. The predicted octanol–water partition coefficient (Wildman–Crippen LogP) is 3.19. The lowest BCUT2D eigenvalue weighted by Gasteiger charge is -2.04. The molecule has 1 aliphatic heterocycles. The van der Waals surface area contributed by atoms with Gasteiger partial charge in [0.1, 0.15) is 0 Å². The number of carbonyl (C=O) groups excluding carboxylic acids is 1. The molecule has 0 bridgehead atoms. The van der Waals surface area contributed by atoms with Gasteiger partial charge in [-0.3, -0.25) is 14.7 Å². The van der Waals surface area contributed by atoms with Crippen LogP contribution >= 0.6 is 11.8 Å². The number of hydrogen-bond acceptors (Lipinski definition) is 3. The van der Waals surface area contributed by atoms with E-state index < -0.39 is 0 Å². The summed E-state index contributed by atoms with van der Waals surface area (Å²) in [5.41, 5.74) is 2.27. The van der Waals surface area contributed by atoms with Gasteiger partial charge in [0, 0.05) is 43.3 Å². The molecule has 1 aromatic carbocycles. The van der Waals surface area contributed by atoms with E-state index in [1.54, 1.807) is 19.0 Å². The van der Waals surface area contributed by atoms with E-state index in [-0.39, 0.29) is 5.91 Å². The van der Waals surface area contributed by atoms with Crippen molar-refractivity contribution in [3.05, 3.63) is 40.9 Å². The molecule has 1 aliphatic rings. The molecule has 0 atom stereocenters. The average molecular weight is 299 g/mol. The van der Waals surface area contributed by atoms with Crippen molar-refractivity contribution in [2.45, 2.75) is 13.5 Å². The van der Waals surface area contributed by atoms with Gasteiger partial charge in [-0.05, 0) is 30.8 Å². The summed E-state index contributed by atoms with van der Waals surface area (Å²) in [7, 11) is 3.46. The molecule has 1 fully saturated rings. The van der Waals surface area contributed by atoms with Crippen LogP contribution in [0, 0.1) is 0 Å². The number of fused-ring (bicyclic) bond motifs is 1. The van der Waals surface area contributed by atoms with Gasteiger partial charge >= 0.3 is 0 Å². The molecule has 5 heteroatoms. The Kier molecular flexibility index (Phi) is 3.59. The number of carbonyl (C=O) groups is 1. The quantitative estimate of drug-likeness (QED) is 0.799. The Bertz CT molecular complexity index is 773. The number of hydrogen-bond donors (Lipinski definition) is 0. The largest absolute Gasteiger partial charge is 0.347 e. The van der Waals surface area contributed by atoms with Gasteiger partial charge < -0.3 is 4.57 Å². The molecule has 0 spiro atoms. The molecule has 0 N–H and O–H groups in total. The lowest BCUT2D eigenvalue weighted by Crippen LogP contribution is -2.23. The minimum atomic E-state index is 0.00827. The number of aromatic nitrogens is 1. The molecule has 0 unspecified atom stereocenters. The third kappa shape index (κ3) is 2.27. The minimum Gasteiger partial charge on any atom is -0.347 e. The molecule has 0 saturated carbocycles. The van der Waals surface area contributed by atoms with Crippen LogP contribution in [-0.2, 0) is 11.3 Å². The third-order valence-corrected chi connectivity index (χ3v) is 4.79. The van der Waals surface area contributed by atoms with Crippen LogP contribution in [0.25, 0.3) is 17.0 Å². The molecular weight excluding hydrogens is 282 g/mol. The number of amidine groups is 1. The van der Waals surface area contributed by atoms with Crippen LogP contribution in [0.5, 0.6) is 0 Å². The van der Waals surface area contributed by atoms with Gasteiger partial charge in [-0.2, -0.15) is 0 Å². The molecule has 4 nitrogen and oxygen atoms in total. The molecular formula is C16H17N3OS. The number of amides is 1. The van der Waals surface area contributed by atoms with Crippen molar-refractivity contribution in [2.24, 2.45) is 4.99 Å². The number of thioether (sulfide) groups is 1. The van der Waals surface area contributed by atoms with Crippen LogP contribution in [0.2, 0.25) is 0 Å². The van der Waals surface area contributed by atoms with E-state index in [4.69, 9.17) is 0 Å². The summed E-state index contributed by atoms with van der Waals surface area (Å²) in [4.78, 5) is 18.7. The average Bonchev–Trinajstić information content (AvgIpc) is 3.00. The van der Waals surface area contributed by atoms with E-state index in [2.05, 4.69) is 34.8 Å². The van der Waals surface area contributed by atoms with Crippen LogP contribution < -0.4 is 0 Å². The standard InChI is InChI=1S/C16H17N3OS/c1-4-19-10-11(12-7-5-6-8-13(12)19)9-14-15(20)18(3)16(17-2)21-14/h5-10H,4H2,1-3H3/b14-9-,17-16?. The first-order chi connectivity index (χ1) is 10.2. The van der Waals surface area contributed by atoms with E-state index in [1.165, 1.54) is 22.7 Å². The molecule has 2 heterocycles. The van der Waals surface area contributed by atoms with Gasteiger partial charge in [-0.1, -0.05) is 18.2 Å². The van der Waals surface area contributed by atoms with E-state index in [9.17, 15) is 4.79 Å². The maximum Gasteiger partial charge on any atom is 0.266 e. The predicted molar refractivity (Wildman–Crippen MR) is 89.3 cm³/mol. The second kappa shape index (κ2) is 5.41. The first-order valence-corrected chi connectivity index (χ1v) is 7.69. The smallest absolute Gasteiger partial charge is 0.266 e. The Morgan fingerprint density at radius 1 is 1.33 bits per heavy atom. The Hall–Kier alpha value is -2.01. The van der Waals surface area contributed by atoms with Gasteiger partial charge in [-0.15, -0.1) is 0 Å². The SMILES string of the molecule is CCn1cc(/C=C2\SC(=NC)N(C)C2=O)c2ccccc21. The topological polar surface area (TPSA) is 37.6 Å². The third-order valence-electron chi connectivity index (χ3n) is 3.64. The molecule has 0 radical (unpaired) electrons. The number of rotatable bonds is 2. The fraction of sp³-hybridized carbons (Fsp3) is 0.250. The normalized spacial score (nSPS) is 19.4. The fourth-order valence-corrected chi connectivity index (χ4v) is 3.46. The fourth-order valence-electron chi connectivity index (χ4n) is 2.54. The monoisotopic (exact) mass is 299 g/mol. The van der Waals surface area contributed by atoms with Gasteiger partial charge in [-0.25, -0.2) is 0 Å². The molecule has 21 heavy (non-hydrogen) atoms. The van der Waals surface area contributed by atoms with E-state index >= 15 is 0 Å². The highest BCUT2D eigenvalue weighted by Gasteiger charge is 2.29. The zero-order chi connectivity index (χ0) is 15.0. The number of benzene rings is 1. The van der Waals surface area contributed by atoms with Crippen LogP contribution in [0.15, 0.2) is 40.4 Å². The second-order valence-electron chi connectivity index (χ2n) is 4.87. The number of aliphatic imine (C=N–C) groups is 1. The summed E-state index contributed by atoms with van der Waals surface area (Å²) in [6, 6.07) is 8.27. The summed E-state index contributed by atoms with van der Waals surface area (Å²) in [5.74, 6) is 0.00827. The lowest BCUT2D eigenvalue weighted by molar-refractivity contribution is -0.121. The summed E-state index contributed by atoms with van der Waals surface area (Å²) >= 11 is 1.43. The summed E-state index contributed by atoms with van der Waals surface area (Å²) in [6.07, 6.45) is 4.07. The van der Waals surface area contributed by atoms with E-state index in [0.29, 0.717) is 0 Å². The highest BCUT2D eigenvalue weighted by atomic mass is 32.2. The van der Waals surface area contributed by atoms with Crippen molar-refractivity contribution >= 4 is 39.8 Å². The van der Waals surface area contributed by atoms with Gasteiger partial charge in [0.25, 0.3) is 5.91 Å². The van der Waals surface area contributed by atoms with Crippen molar-refractivity contribution < 1.29 is 4.79 Å². The first kappa shape index (κ1) is 13.9. The number of aryl methyl sites for hydroxylation is 1. The zero-order valence-electron chi connectivity index (χ0n) is 12.3. The van der Waals surface area contributed by atoms with Crippen LogP contribution in [-0.4, -0.2) is 34.6 Å². The van der Waals surface area contributed by atoms with E-state index in [0.717, 1.165) is 22.2 Å². The van der Waals surface area contributed by atoms with Crippen molar-refractivity contribution in [3.8, 4) is 0 Å². The van der Waals surface area contributed by atoms with Crippen molar-refractivity contribution in [3.63, 3.8) is 0 Å². The lowest BCUT2D eigenvalue weighted by atomic mass is 10.1. The highest BCUT2D eigenvalue weighted by molar-refractivity contribution is 8.18. The second-order valence-corrected chi connectivity index (χ2v) is 5.88. The van der Waals surface area contributed by atoms with Crippen LogP contribution in [0.3, 0.4) is 0 Å². The number of likely N-dealkylation sites (N-methyl/N-ethyl adjacent to an activating group) is 1. The van der Waals surface area contributed by atoms with E-state index in [1.807, 2.05) is 18.2 Å². The molecule has 0 aliphatic carbocycles. The number of para-hydroxylation sites is 1. The maximum atomic E-state index is 12.2. The maximum absolute atomic E-state index is 12.2. The highest BCUT2D eigenvalue weighted by Crippen LogP contribution is 2.33. The first-order valence-electron chi connectivity index (χ1n) is 6.88.